The van der Waals surface area contributed by atoms with Crippen LogP contribution in [0.1, 0.15) is 22.3 Å². The fraction of sp³-hybridized carbons (Fsp3) is 0.273. The number of hydrogen-bond donors (Lipinski definition) is 2. The van der Waals surface area contributed by atoms with Crippen LogP contribution in [0, 0.1) is 0 Å². The lowest BCUT2D eigenvalue weighted by Crippen LogP contribution is -2.37. The van der Waals surface area contributed by atoms with Crippen LogP contribution in [0.15, 0.2) is 54.6 Å². The van der Waals surface area contributed by atoms with Gasteiger partial charge in [-0.15, -0.1) is 0 Å². The molecule has 1 saturated heterocycles. The van der Waals surface area contributed by atoms with Crippen LogP contribution in [0.3, 0.4) is 0 Å². The molecule has 0 unspecified atom stereocenters. The minimum atomic E-state index is -0.291. The van der Waals surface area contributed by atoms with E-state index in [1.807, 2.05) is 30.3 Å². The lowest BCUT2D eigenvalue weighted by Gasteiger charge is -2.13. The van der Waals surface area contributed by atoms with E-state index in [9.17, 15) is 19.2 Å². The summed E-state index contributed by atoms with van der Waals surface area (Å²) in [6.07, 6.45) is 0.246. The minimum absolute atomic E-state index is 0.123. The van der Waals surface area contributed by atoms with Crippen molar-refractivity contribution in [2.24, 2.45) is 0 Å². The summed E-state index contributed by atoms with van der Waals surface area (Å²) < 4.78 is 5.50. The lowest BCUT2D eigenvalue weighted by atomic mass is 10.1. The first-order valence-electron chi connectivity index (χ1n) is 9.82. The molecule has 2 N–H and O–H groups in total. The minimum Gasteiger partial charge on any atom is -0.493 e. The first-order valence-corrected chi connectivity index (χ1v) is 10.8. The Hall–Kier alpha value is -3.33. The zero-order valence-electron chi connectivity index (χ0n) is 16.8. The number of ether oxygens (including phenoxy) is 1. The molecule has 31 heavy (non-hydrogen) atoms. The number of benzene rings is 2. The molecule has 0 saturated carbocycles. The van der Waals surface area contributed by atoms with E-state index >= 15 is 0 Å². The zero-order valence-corrected chi connectivity index (χ0v) is 17.7. The van der Waals surface area contributed by atoms with E-state index in [4.69, 9.17) is 4.74 Å². The normalized spacial score (nSPS) is 13.2. The van der Waals surface area contributed by atoms with E-state index in [1.165, 1.54) is 0 Å². The Morgan fingerprint density at radius 3 is 2.42 bits per heavy atom. The molecule has 3 rings (SSSR count). The highest BCUT2D eigenvalue weighted by molar-refractivity contribution is 8.14. The fourth-order valence-corrected chi connectivity index (χ4v) is 3.57. The van der Waals surface area contributed by atoms with Crippen molar-refractivity contribution in [3.63, 3.8) is 0 Å². The van der Waals surface area contributed by atoms with Crippen LogP contribution in [-0.2, 0) is 16.1 Å². The summed E-state index contributed by atoms with van der Waals surface area (Å²) >= 11 is 0.968. The molecule has 1 aliphatic heterocycles. The van der Waals surface area contributed by atoms with Crippen molar-refractivity contribution >= 4 is 34.7 Å². The molecule has 0 aromatic heterocycles. The molecule has 162 valence electrons. The smallest absolute Gasteiger partial charge is 0.288 e. The Morgan fingerprint density at radius 2 is 1.74 bits per heavy atom. The van der Waals surface area contributed by atoms with E-state index in [2.05, 4.69) is 10.6 Å². The van der Waals surface area contributed by atoms with Gasteiger partial charge in [-0.25, -0.2) is 0 Å². The first-order chi connectivity index (χ1) is 15.0. The van der Waals surface area contributed by atoms with Crippen molar-refractivity contribution in [1.82, 2.24) is 15.5 Å². The Morgan fingerprint density at radius 1 is 1.00 bits per heavy atom. The maximum absolute atomic E-state index is 12.2. The van der Waals surface area contributed by atoms with Gasteiger partial charge >= 0.3 is 0 Å². The van der Waals surface area contributed by atoms with Crippen LogP contribution in [-0.4, -0.2) is 53.3 Å². The van der Waals surface area contributed by atoms with E-state index in [0.717, 1.165) is 28.0 Å². The highest BCUT2D eigenvalue weighted by Crippen LogP contribution is 2.17. The average molecular weight is 442 g/mol. The molecule has 2 aromatic rings. The van der Waals surface area contributed by atoms with E-state index in [0.29, 0.717) is 18.7 Å². The molecule has 1 aliphatic rings. The topological polar surface area (TPSA) is 105 Å². The predicted molar refractivity (Wildman–Crippen MR) is 117 cm³/mol. The van der Waals surface area contributed by atoms with E-state index < -0.39 is 0 Å². The van der Waals surface area contributed by atoms with Gasteiger partial charge in [-0.1, -0.05) is 42.1 Å². The number of para-hydroxylation sites is 1. The summed E-state index contributed by atoms with van der Waals surface area (Å²) in [5, 5.41) is 5.23. The molecule has 2 aromatic carbocycles. The molecule has 9 heteroatoms. The second-order valence-corrected chi connectivity index (χ2v) is 7.67. The number of carbonyl (C=O) groups is 4. The molecule has 4 amide bonds. The summed E-state index contributed by atoms with van der Waals surface area (Å²) in [4.78, 5) is 48.3. The van der Waals surface area contributed by atoms with Crippen LogP contribution in [0.25, 0.3) is 0 Å². The van der Waals surface area contributed by atoms with Crippen LogP contribution in [0.4, 0.5) is 4.79 Å². The van der Waals surface area contributed by atoms with Crippen molar-refractivity contribution in [2.75, 3.05) is 25.4 Å². The largest absolute Gasteiger partial charge is 0.493 e. The third-order valence-corrected chi connectivity index (χ3v) is 5.37. The summed E-state index contributed by atoms with van der Waals surface area (Å²) in [5.74, 6) is 0.233. The van der Waals surface area contributed by atoms with Crippen molar-refractivity contribution in [2.45, 2.75) is 13.0 Å². The van der Waals surface area contributed by atoms with Crippen LogP contribution >= 0.6 is 11.8 Å². The Labute approximate surface area is 184 Å². The lowest BCUT2D eigenvalue weighted by molar-refractivity contribution is -0.124. The Balaban J connectivity index is 1.35. The van der Waals surface area contributed by atoms with Crippen molar-refractivity contribution in [3.8, 4) is 5.75 Å². The summed E-state index contributed by atoms with van der Waals surface area (Å²) in [7, 11) is 0. The number of nitrogens with one attached hydrogen (secondary N) is 2. The monoisotopic (exact) mass is 441 g/mol. The van der Waals surface area contributed by atoms with Gasteiger partial charge in [0, 0.05) is 25.2 Å². The number of amides is 4. The molecule has 1 fully saturated rings. The van der Waals surface area contributed by atoms with Crippen molar-refractivity contribution in [3.05, 3.63) is 65.7 Å². The van der Waals surface area contributed by atoms with Crippen LogP contribution in [0.5, 0.6) is 5.75 Å². The van der Waals surface area contributed by atoms with Crippen molar-refractivity contribution in [1.29, 1.82) is 0 Å². The first kappa shape index (κ1) is 22.4. The van der Waals surface area contributed by atoms with Crippen LogP contribution < -0.4 is 15.4 Å². The van der Waals surface area contributed by atoms with Gasteiger partial charge in [0.15, 0.2) is 0 Å². The highest BCUT2D eigenvalue weighted by Gasteiger charge is 2.29. The maximum Gasteiger partial charge on any atom is 0.288 e. The molecule has 0 atom stereocenters. The standard InChI is InChI=1S/C22H23N3O5S/c26-19(10-13-30-18-4-2-1-3-5-18)24-14-16-6-8-17(9-7-16)21(28)23-11-12-25-20(27)15-31-22(25)29/h1-9H,10-15H2,(H,23,28)(H,24,26). The molecular formula is C22H23N3O5S. The van der Waals surface area contributed by atoms with Gasteiger partial charge in [0.25, 0.3) is 11.1 Å². The zero-order chi connectivity index (χ0) is 22.1. The number of thioether (sulfide) groups is 1. The highest BCUT2D eigenvalue weighted by atomic mass is 32.2. The summed E-state index contributed by atoms with van der Waals surface area (Å²) in [5.41, 5.74) is 1.32. The molecule has 0 spiro atoms. The number of imide groups is 1. The average Bonchev–Trinajstić information content (AvgIpc) is 3.11. The number of rotatable bonds is 10. The molecule has 0 radical (unpaired) electrons. The summed E-state index contributed by atoms with van der Waals surface area (Å²) in [6, 6.07) is 16.2. The molecular weight excluding hydrogens is 418 g/mol. The summed E-state index contributed by atoms with van der Waals surface area (Å²) in [6.45, 7) is 0.999. The number of nitrogens with zero attached hydrogens (tertiary/aromatic N) is 1. The van der Waals surface area contributed by atoms with Gasteiger partial charge < -0.3 is 15.4 Å². The molecule has 0 aliphatic carbocycles. The molecule has 1 heterocycles. The van der Waals surface area contributed by atoms with Gasteiger partial charge in [0.05, 0.1) is 18.8 Å². The van der Waals surface area contributed by atoms with Gasteiger partial charge in [-0.2, -0.15) is 0 Å². The second kappa shape index (κ2) is 11.2. The third kappa shape index (κ3) is 6.85. The van der Waals surface area contributed by atoms with E-state index in [1.54, 1.807) is 24.3 Å². The maximum atomic E-state index is 12.2. The second-order valence-electron chi connectivity index (χ2n) is 6.74. The quantitative estimate of drug-likeness (QED) is 0.586. The Kier molecular flexibility index (Phi) is 8.05. The van der Waals surface area contributed by atoms with Gasteiger partial charge in [0.1, 0.15) is 5.75 Å². The predicted octanol–water partition coefficient (Wildman–Crippen LogP) is 2.20. The number of carbonyl (C=O) groups excluding carboxylic acids is 4. The van der Waals surface area contributed by atoms with Crippen molar-refractivity contribution < 1.29 is 23.9 Å². The third-order valence-electron chi connectivity index (χ3n) is 4.51. The Bertz CT molecular complexity index is 918. The molecule has 0 bridgehead atoms. The van der Waals surface area contributed by atoms with E-state index in [-0.39, 0.29) is 48.2 Å². The van der Waals surface area contributed by atoms with Gasteiger partial charge in [0.2, 0.25) is 11.8 Å². The van der Waals surface area contributed by atoms with Gasteiger partial charge in [-0.05, 0) is 29.8 Å². The van der Waals surface area contributed by atoms with Gasteiger partial charge in [-0.3, -0.25) is 24.1 Å². The SMILES string of the molecule is O=C(CCOc1ccccc1)NCc1ccc(C(=O)NCCN2C(=O)CSC2=O)cc1. The molecule has 8 nitrogen and oxygen atoms in total. The van der Waals surface area contributed by atoms with Crippen LogP contribution in [0.2, 0.25) is 0 Å². The number of hydrogen-bond acceptors (Lipinski definition) is 6. The fourth-order valence-electron chi connectivity index (χ4n) is 2.82.